The molecule has 2 nitrogen and oxygen atoms in total. The zero-order chi connectivity index (χ0) is 14.7. The second-order valence-corrected chi connectivity index (χ2v) is 7.09. The van der Waals surface area contributed by atoms with E-state index in [1.807, 2.05) is 24.3 Å². The molecule has 0 aromatic heterocycles. The molecule has 3 atom stereocenters. The van der Waals surface area contributed by atoms with E-state index >= 15 is 0 Å². The van der Waals surface area contributed by atoms with Gasteiger partial charge >= 0.3 is 0 Å². The maximum absolute atomic E-state index is 10.4. The van der Waals surface area contributed by atoms with Gasteiger partial charge in [-0.1, -0.05) is 36.6 Å². The van der Waals surface area contributed by atoms with Crippen molar-refractivity contribution in [1.82, 2.24) is 4.90 Å². The summed E-state index contributed by atoms with van der Waals surface area (Å²) < 4.78 is 0. The van der Waals surface area contributed by atoms with Crippen LogP contribution in [-0.4, -0.2) is 29.1 Å². The normalized spacial score (nSPS) is 28.1. The molecule has 1 N–H and O–H groups in total. The third kappa shape index (κ3) is 3.80. The van der Waals surface area contributed by atoms with Crippen molar-refractivity contribution in [2.24, 2.45) is 5.92 Å². The lowest BCUT2D eigenvalue weighted by atomic mass is 9.78. The number of fused-ring (bicyclic) bond motifs is 1. The van der Waals surface area contributed by atoms with Crippen LogP contribution >= 0.6 is 11.6 Å². The van der Waals surface area contributed by atoms with E-state index in [2.05, 4.69) is 4.90 Å². The van der Waals surface area contributed by atoms with E-state index in [9.17, 15) is 5.11 Å². The van der Waals surface area contributed by atoms with Crippen LogP contribution in [0.15, 0.2) is 24.3 Å². The molecule has 2 aliphatic rings. The summed E-state index contributed by atoms with van der Waals surface area (Å²) in [5.74, 6) is 0.913. The molecule has 116 valence electrons. The molecule has 0 bridgehead atoms. The Morgan fingerprint density at radius 2 is 2.00 bits per heavy atom. The minimum absolute atomic E-state index is 0.396. The van der Waals surface area contributed by atoms with Gasteiger partial charge in [0, 0.05) is 17.6 Å². The fourth-order valence-electron chi connectivity index (χ4n) is 4.17. The molecule has 1 aliphatic carbocycles. The molecular weight excluding hydrogens is 282 g/mol. The van der Waals surface area contributed by atoms with E-state index in [0.29, 0.717) is 5.02 Å². The van der Waals surface area contributed by atoms with Crippen molar-refractivity contribution in [3.8, 4) is 0 Å². The summed E-state index contributed by atoms with van der Waals surface area (Å²) in [7, 11) is 0. The first-order chi connectivity index (χ1) is 10.2. The molecular formula is C18H26ClNO. The molecule has 3 heteroatoms. The number of aliphatic hydroxyl groups is 1. The van der Waals surface area contributed by atoms with Gasteiger partial charge in [0.1, 0.15) is 0 Å². The second-order valence-electron chi connectivity index (χ2n) is 6.65. The monoisotopic (exact) mass is 307 g/mol. The molecule has 21 heavy (non-hydrogen) atoms. The van der Waals surface area contributed by atoms with Gasteiger partial charge < -0.3 is 10.0 Å². The number of hydrogen-bond acceptors (Lipinski definition) is 2. The van der Waals surface area contributed by atoms with Gasteiger partial charge in [-0.15, -0.1) is 0 Å². The number of aliphatic hydroxyl groups excluding tert-OH is 1. The lowest BCUT2D eigenvalue weighted by Gasteiger charge is -2.44. The van der Waals surface area contributed by atoms with Crippen molar-refractivity contribution in [3.63, 3.8) is 0 Å². The van der Waals surface area contributed by atoms with Crippen molar-refractivity contribution >= 4 is 11.6 Å². The second kappa shape index (κ2) is 7.13. The lowest BCUT2D eigenvalue weighted by Crippen LogP contribution is -2.47. The average molecular weight is 308 g/mol. The molecule has 2 fully saturated rings. The topological polar surface area (TPSA) is 23.5 Å². The van der Waals surface area contributed by atoms with Crippen LogP contribution in [0.25, 0.3) is 0 Å². The first kappa shape index (κ1) is 15.3. The SMILES string of the molecule is OC(CCN1CCC[C@H]2CCCC[C@H]21)c1cccc(Cl)c1. The van der Waals surface area contributed by atoms with Gasteiger partial charge in [0.25, 0.3) is 0 Å². The Balaban J connectivity index is 1.56. The molecule has 3 rings (SSSR count). The highest BCUT2D eigenvalue weighted by molar-refractivity contribution is 6.30. The van der Waals surface area contributed by atoms with Crippen molar-refractivity contribution in [2.75, 3.05) is 13.1 Å². The van der Waals surface area contributed by atoms with E-state index in [4.69, 9.17) is 11.6 Å². The summed E-state index contributed by atoms with van der Waals surface area (Å²) in [6.07, 6.45) is 8.73. The van der Waals surface area contributed by atoms with Gasteiger partial charge in [-0.25, -0.2) is 0 Å². The minimum atomic E-state index is -0.396. The molecule has 1 heterocycles. The standard InChI is InChI=1S/C18H26ClNO/c19-16-8-3-6-15(13-16)18(21)10-12-20-11-4-7-14-5-1-2-9-17(14)20/h3,6,8,13-14,17-18,21H,1-2,4-5,7,9-12H2/t14-,17-,18?/m1/s1. The highest BCUT2D eigenvalue weighted by atomic mass is 35.5. The Kier molecular flexibility index (Phi) is 5.20. The Bertz CT molecular complexity index is 462. The molecule has 0 radical (unpaired) electrons. The van der Waals surface area contributed by atoms with Gasteiger partial charge in [-0.3, -0.25) is 0 Å². The quantitative estimate of drug-likeness (QED) is 0.890. The van der Waals surface area contributed by atoms with E-state index in [0.717, 1.165) is 30.5 Å². The van der Waals surface area contributed by atoms with E-state index in [-0.39, 0.29) is 0 Å². The third-order valence-corrected chi connectivity index (χ3v) is 5.52. The predicted octanol–water partition coefficient (Wildman–Crippen LogP) is 4.42. The molecule has 0 amide bonds. The summed E-state index contributed by atoms with van der Waals surface area (Å²) in [6.45, 7) is 2.22. The highest BCUT2D eigenvalue weighted by Crippen LogP contribution is 2.35. The smallest absolute Gasteiger partial charge is 0.0802 e. The van der Waals surface area contributed by atoms with Crippen molar-refractivity contribution < 1.29 is 5.11 Å². The number of benzene rings is 1. The maximum atomic E-state index is 10.4. The summed E-state index contributed by atoms with van der Waals surface area (Å²) in [6, 6.07) is 8.40. The molecule has 1 saturated carbocycles. The van der Waals surface area contributed by atoms with Crippen molar-refractivity contribution in [2.45, 2.75) is 57.1 Å². The fraction of sp³-hybridized carbons (Fsp3) is 0.667. The molecule has 1 unspecified atom stereocenters. The Hall–Kier alpha value is -0.570. The van der Waals surface area contributed by atoms with Crippen LogP contribution < -0.4 is 0 Å². The van der Waals surface area contributed by atoms with Gasteiger partial charge in [0.2, 0.25) is 0 Å². The predicted molar refractivity (Wildman–Crippen MR) is 87.6 cm³/mol. The van der Waals surface area contributed by atoms with E-state index in [1.165, 1.54) is 45.1 Å². The van der Waals surface area contributed by atoms with Crippen LogP contribution in [0.4, 0.5) is 0 Å². The molecule has 1 aliphatic heterocycles. The van der Waals surface area contributed by atoms with Crippen LogP contribution in [0.1, 0.15) is 56.6 Å². The number of halogens is 1. The van der Waals surface area contributed by atoms with Gasteiger partial charge in [-0.05, 0) is 62.3 Å². The number of piperidine rings is 1. The van der Waals surface area contributed by atoms with E-state index in [1.54, 1.807) is 0 Å². The summed E-state index contributed by atoms with van der Waals surface area (Å²) in [5.41, 5.74) is 0.944. The Labute approximate surface area is 133 Å². The van der Waals surface area contributed by atoms with Crippen molar-refractivity contribution in [1.29, 1.82) is 0 Å². The summed E-state index contributed by atoms with van der Waals surface area (Å²) >= 11 is 6.01. The van der Waals surface area contributed by atoms with Crippen molar-refractivity contribution in [3.05, 3.63) is 34.9 Å². The van der Waals surface area contributed by atoms with Gasteiger partial charge in [-0.2, -0.15) is 0 Å². The largest absolute Gasteiger partial charge is 0.388 e. The molecule has 0 spiro atoms. The average Bonchev–Trinajstić information content (AvgIpc) is 2.52. The van der Waals surface area contributed by atoms with E-state index < -0.39 is 6.10 Å². The minimum Gasteiger partial charge on any atom is -0.388 e. The molecule has 1 aromatic rings. The highest BCUT2D eigenvalue weighted by Gasteiger charge is 2.32. The zero-order valence-electron chi connectivity index (χ0n) is 12.7. The lowest BCUT2D eigenvalue weighted by molar-refractivity contribution is 0.0456. The van der Waals surface area contributed by atoms with Crippen LogP contribution in [-0.2, 0) is 0 Å². The number of nitrogens with zero attached hydrogens (tertiary/aromatic N) is 1. The number of likely N-dealkylation sites (tertiary alicyclic amines) is 1. The van der Waals surface area contributed by atoms with Gasteiger partial charge in [0.15, 0.2) is 0 Å². The summed E-state index contributed by atoms with van der Waals surface area (Å²) in [5, 5.41) is 11.1. The van der Waals surface area contributed by atoms with Crippen LogP contribution in [0.5, 0.6) is 0 Å². The first-order valence-corrected chi connectivity index (χ1v) is 8.79. The van der Waals surface area contributed by atoms with Crippen LogP contribution in [0.3, 0.4) is 0 Å². The van der Waals surface area contributed by atoms with Crippen LogP contribution in [0.2, 0.25) is 5.02 Å². The summed E-state index contributed by atoms with van der Waals surface area (Å²) in [4.78, 5) is 2.64. The molecule has 1 saturated heterocycles. The maximum Gasteiger partial charge on any atom is 0.0802 e. The zero-order valence-corrected chi connectivity index (χ0v) is 13.4. The van der Waals surface area contributed by atoms with Crippen LogP contribution in [0, 0.1) is 5.92 Å². The molecule has 1 aromatic carbocycles. The fourth-order valence-corrected chi connectivity index (χ4v) is 4.37. The number of rotatable bonds is 4. The third-order valence-electron chi connectivity index (χ3n) is 5.28. The van der Waals surface area contributed by atoms with Gasteiger partial charge in [0.05, 0.1) is 6.10 Å². The Morgan fingerprint density at radius 1 is 1.19 bits per heavy atom. The first-order valence-electron chi connectivity index (χ1n) is 8.41. The number of hydrogen-bond donors (Lipinski definition) is 1. The Morgan fingerprint density at radius 3 is 2.86 bits per heavy atom.